The number of hydrogen-bond donors (Lipinski definition) is 0. The van der Waals surface area contributed by atoms with Crippen molar-refractivity contribution in [3.05, 3.63) is 72.7 Å². The number of carbonyl (C=O) groups excluding carboxylic acids is 1. The van der Waals surface area contributed by atoms with Crippen LogP contribution in [-0.4, -0.2) is 25.5 Å². The number of imidazole rings is 1. The zero-order valence-electron chi connectivity index (χ0n) is 12.0. The van der Waals surface area contributed by atoms with E-state index in [-0.39, 0.29) is 0 Å². The highest BCUT2D eigenvalue weighted by molar-refractivity contribution is 5.89. The molecule has 0 aliphatic heterocycles. The molecule has 1 atom stereocenters. The van der Waals surface area contributed by atoms with E-state index < -0.39 is 12.1 Å². The summed E-state index contributed by atoms with van der Waals surface area (Å²) in [7, 11) is 0. The van der Waals surface area contributed by atoms with E-state index in [0.29, 0.717) is 17.1 Å². The lowest BCUT2D eigenvalue weighted by Crippen LogP contribution is -2.11. The van der Waals surface area contributed by atoms with Crippen LogP contribution >= 0.6 is 0 Å². The highest BCUT2D eigenvalue weighted by atomic mass is 16.5. The second kappa shape index (κ2) is 6.17. The van der Waals surface area contributed by atoms with E-state index in [1.54, 1.807) is 54.7 Å². The van der Waals surface area contributed by atoms with E-state index in [1.165, 1.54) is 0 Å². The molecule has 6 heteroatoms. The number of pyridine rings is 2. The van der Waals surface area contributed by atoms with Crippen molar-refractivity contribution in [3.8, 4) is 5.82 Å². The summed E-state index contributed by atoms with van der Waals surface area (Å²) in [5.41, 5.74) is 1.14. The number of hydrogen-bond acceptors (Lipinski definition) is 5. The van der Waals surface area contributed by atoms with Gasteiger partial charge >= 0.3 is 5.97 Å². The van der Waals surface area contributed by atoms with Gasteiger partial charge in [-0.25, -0.2) is 14.8 Å². The lowest BCUT2D eigenvalue weighted by molar-refractivity contribution is 0.0329. The molecule has 110 valence electrons. The lowest BCUT2D eigenvalue weighted by Gasteiger charge is -2.13. The predicted octanol–water partition coefficient (Wildman–Crippen LogP) is 2.58. The Balaban J connectivity index is 1.77. The zero-order valence-corrected chi connectivity index (χ0v) is 12.0. The number of carbonyl (C=O) groups is 1. The SMILES string of the molecule is C[C@H](OC(=O)c1ccnc(-n2ccnc2)c1)c1ccccn1. The molecule has 0 N–H and O–H groups in total. The molecule has 3 aromatic heterocycles. The zero-order chi connectivity index (χ0) is 15.4. The first-order valence-corrected chi connectivity index (χ1v) is 6.80. The van der Waals surface area contributed by atoms with Crippen LogP contribution in [0.15, 0.2) is 61.4 Å². The van der Waals surface area contributed by atoms with E-state index in [2.05, 4.69) is 15.0 Å². The third-order valence-corrected chi connectivity index (χ3v) is 3.14. The van der Waals surface area contributed by atoms with Crippen molar-refractivity contribution in [1.29, 1.82) is 0 Å². The van der Waals surface area contributed by atoms with Crippen molar-refractivity contribution in [1.82, 2.24) is 19.5 Å². The molecule has 0 aliphatic rings. The van der Waals surface area contributed by atoms with Gasteiger partial charge in [0.05, 0.1) is 11.3 Å². The van der Waals surface area contributed by atoms with Crippen molar-refractivity contribution < 1.29 is 9.53 Å². The van der Waals surface area contributed by atoms with Crippen molar-refractivity contribution in [2.45, 2.75) is 13.0 Å². The molecule has 0 amide bonds. The van der Waals surface area contributed by atoms with E-state index in [1.807, 2.05) is 18.2 Å². The number of ether oxygens (including phenoxy) is 1. The molecule has 0 unspecified atom stereocenters. The molecule has 0 bridgehead atoms. The standard InChI is InChI=1S/C16H14N4O2/c1-12(14-4-2-3-6-18-14)22-16(21)13-5-7-19-15(10-13)20-9-8-17-11-20/h2-12H,1H3/t12-/m0/s1. The van der Waals surface area contributed by atoms with Gasteiger partial charge in [0, 0.05) is 24.8 Å². The first-order valence-electron chi connectivity index (χ1n) is 6.80. The smallest absolute Gasteiger partial charge is 0.338 e. The quantitative estimate of drug-likeness (QED) is 0.692. The highest BCUT2D eigenvalue weighted by Crippen LogP contribution is 2.17. The predicted molar refractivity (Wildman–Crippen MR) is 79.4 cm³/mol. The summed E-state index contributed by atoms with van der Waals surface area (Å²) in [5.74, 6) is 0.194. The van der Waals surface area contributed by atoms with Gasteiger partial charge in [0.2, 0.25) is 0 Å². The van der Waals surface area contributed by atoms with Gasteiger partial charge in [0.25, 0.3) is 0 Å². The summed E-state index contributed by atoms with van der Waals surface area (Å²) in [6.45, 7) is 1.79. The minimum atomic E-state index is -0.418. The topological polar surface area (TPSA) is 69.9 Å². The van der Waals surface area contributed by atoms with Crippen LogP contribution in [0.5, 0.6) is 0 Å². The Morgan fingerprint density at radius 1 is 1.18 bits per heavy atom. The van der Waals surface area contributed by atoms with E-state index in [4.69, 9.17) is 4.74 Å². The fourth-order valence-electron chi connectivity index (χ4n) is 1.99. The maximum absolute atomic E-state index is 12.2. The van der Waals surface area contributed by atoms with Gasteiger partial charge < -0.3 is 4.74 Å². The van der Waals surface area contributed by atoms with Crippen LogP contribution in [0.4, 0.5) is 0 Å². The molecule has 0 aliphatic carbocycles. The molecule has 3 heterocycles. The van der Waals surface area contributed by atoms with E-state index >= 15 is 0 Å². The van der Waals surface area contributed by atoms with Crippen LogP contribution in [0, 0.1) is 0 Å². The molecule has 6 nitrogen and oxygen atoms in total. The maximum atomic E-state index is 12.2. The number of nitrogens with zero attached hydrogens (tertiary/aromatic N) is 4. The average Bonchev–Trinajstić information content (AvgIpc) is 3.10. The Kier molecular flexibility index (Phi) is 3.91. The van der Waals surface area contributed by atoms with Gasteiger partial charge in [0.15, 0.2) is 0 Å². The van der Waals surface area contributed by atoms with E-state index in [9.17, 15) is 4.79 Å². The van der Waals surface area contributed by atoms with Gasteiger partial charge in [-0.15, -0.1) is 0 Å². The van der Waals surface area contributed by atoms with Gasteiger partial charge in [-0.2, -0.15) is 0 Å². The monoisotopic (exact) mass is 294 g/mol. The van der Waals surface area contributed by atoms with Crippen molar-refractivity contribution in [2.24, 2.45) is 0 Å². The summed E-state index contributed by atoms with van der Waals surface area (Å²) in [6.07, 6.45) is 7.84. The summed E-state index contributed by atoms with van der Waals surface area (Å²) in [5, 5.41) is 0. The lowest BCUT2D eigenvalue weighted by atomic mass is 10.2. The molecule has 0 aromatic carbocycles. The molecule has 0 radical (unpaired) electrons. The van der Waals surface area contributed by atoms with Crippen molar-refractivity contribution >= 4 is 5.97 Å². The highest BCUT2D eigenvalue weighted by Gasteiger charge is 2.15. The minimum absolute atomic E-state index is 0.415. The molecule has 22 heavy (non-hydrogen) atoms. The molecule has 0 saturated carbocycles. The van der Waals surface area contributed by atoms with Crippen LogP contribution in [0.1, 0.15) is 29.1 Å². The fourth-order valence-corrected chi connectivity index (χ4v) is 1.99. The van der Waals surface area contributed by atoms with Crippen LogP contribution in [-0.2, 0) is 4.74 Å². The Bertz CT molecular complexity index is 757. The molecular formula is C16H14N4O2. The minimum Gasteiger partial charge on any atom is -0.453 e. The largest absolute Gasteiger partial charge is 0.453 e. The second-order valence-electron chi connectivity index (χ2n) is 4.67. The summed E-state index contributed by atoms with van der Waals surface area (Å²) >= 11 is 0. The summed E-state index contributed by atoms with van der Waals surface area (Å²) < 4.78 is 7.16. The molecule has 0 spiro atoms. The Labute approximate surface area is 127 Å². The molecule has 0 fully saturated rings. The number of rotatable bonds is 4. The molecule has 0 saturated heterocycles. The van der Waals surface area contributed by atoms with Crippen LogP contribution in [0.25, 0.3) is 5.82 Å². The molecular weight excluding hydrogens is 280 g/mol. The first kappa shape index (κ1) is 13.9. The van der Waals surface area contributed by atoms with Crippen LogP contribution in [0.2, 0.25) is 0 Å². The van der Waals surface area contributed by atoms with Crippen LogP contribution < -0.4 is 0 Å². The maximum Gasteiger partial charge on any atom is 0.338 e. The van der Waals surface area contributed by atoms with Crippen LogP contribution in [0.3, 0.4) is 0 Å². The van der Waals surface area contributed by atoms with E-state index in [0.717, 1.165) is 0 Å². The molecule has 3 rings (SSSR count). The third-order valence-electron chi connectivity index (χ3n) is 3.14. The molecule has 3 aromatic rings. The Morgan fingerprint density at radius 2 is 2.09 bits per heavy atom. The number of esters is 1. The second-order valence-corrected chi connectivity index (χ2v) is 4.67. The van der Waals surface area contributed by atoms with Gasteiger partial charge in [-0.1, -0.05) is 6.07 Å². The van der Waals surface area contributed by atoms with Gasteiger partial charge in [-0.3, -0.25) is 9.55 Å². The Morgan fingerprint density at radius 3 is 2.82 bits per heavy atom. The summed E-state index contributed by atoms with van der Waals surface area (Å²) in [4.78, 5) is 24.6. The Hall–Kier alpha value is -3.02. The number of aromatic nitrogens is 4. The average molecular weight is 294 g/mol. The van der Waals surface area contributed by atoms with Gasteiger partial charge in [0.1, 0.15) is 18.2 Å². The van der Waals surface area contributed by atoms with Crippen molar-refractivity contribution in [3.63, 3.8) is 0 Å². The first-order chi connectivity index (χ1) is 10.7. The summed E-state index contributed by atoms with van der Waals surface area (Å²) in [6, 6.07) is 8.78. The van der Waals surface area contributed by atoms with Gasteiger partial charge in [-0.05, 0) is 31.2 Å². The fraction of sp³-hybridized carbons (Fsp3) is 0.125. The normalized spacial score (nSPS) is 11.9. The third kappa shape index (κ3) is 3.01. The van der Waals surface area contributed by atoms with Crippen molar-refractivity contribution in [2.75, 3.05) is 0 Å².